The van der Waals surface area contributed by atoms with E-state index in [0.717, 1.165) is 58.3 Å². The van der Waals surface area contributed by atoms with E-state index in [0.29, 0.717) is 12.5 Å². The van der Waals surface area contributed by atoms with Crippen LogP contribution in [0.4, 0.5) is 0 Å². The first-order chi connectivity index (χ1) is 12.9. The van der Waals surface area contributed by atoms with Crippen molar-refractivity contribution in [1.82, 2.24) is 20.4 Å². The van der Waals surface area contributed by atoms with Crippen molar-refractivity contribution in [2.45, 2.75) is 53.2 Å². The number of likely N-dealkylation sites (tertiary alicyclic amines) is 1. The number of ether oxygens (including phenoxy) is 1. The maximum Gasteiger partial charge on any atom is 0.225 e. The molecule has 0 aromatic heterocycles. The molecule has 27 heavy (non-hydrogen) atoms. The first kappa shape index (κ1) is 22.0. The molecule has 0 aromatic rings. The monoisotopic (exact) mass is 381 g/mol. The summed E-state index contributed by atoms with van der Waals surface area (Å²) in [5, 5.41) is 6.83. The van der Waals surface area contributed by atoms with Gasteiger partial charge in [0.2, 0.25) is 5.91 Å². The molecule has 0 bridgehead atoms. The molecule has 2 saturated heterocycles. The Morgan fingerprint density at radius 1 is 1.22 bits per heavy atom. The molecule has 2 N–H and O–H groups in total. The van der Waals surface area contributed by atoms with E-state index in [9.17, 15) is 4.79 Å². The highest BCUT2D eigenvalue weighted by atomic mass is 16.5. The van der Waals surface area contributed by atoms with Crippen LogP contribution in [0.1, 0.15) is 41.0 Å². The van der Waals surface area contributed by atoms with Crippen molar-refractivity contribution in [3.05, 3.63) is 0 Å². The zero-order valence-electron chi connectivity index (χ0n) is 17.8. The molecule has 2 aliphatic heterocycles. The molecule has 0 aliphatic carbocycles. The van der Waals surface area contributed by atoms with Gasteiger partial charge in [-0.2, -0.15) is 0 Å². The molecule has 0 radical (unpaired) electrons. The van der Waals surface area contributed by atoms with Crippen molar-refractivity contribution in [3.63, 3.8) is 0 Å². The summed E-state index contributed by atoms with van der Waals surface area (Å²) in [6, 6.07) is 0.259. The molecule has 2 atom stereocenters. The minimum absolute atomic E-state index is 0.0582. The second-order valence-corrected chi connectivity index (χ2v) is 8.43. The number of hydrogen-bond donors (Lipinski definition) is 2. The molecule has 0 aromatic carbocycles. The normalized spacial score (nSPS) is 24.7. The first-order valence-corrected chi connectivity index (χ1v) is 10.6. The van der Waals surface area contributed by atoms with Gasteiger partial charge in [0.05, 0.1) is 19.3 Å². The fourth-order valence-electron chi connectivity index (χ4n) is 3.72. The lowest BCUT2D eigenvalue weighted by atomic mass is 10.2. The van der Waals surface area contributed by atoms with Crippen molar-refractivity contribution in [2.24, 2.45) is 16.8 Å². The number of nitrogens with one attached hydrogen (secondary N) is 2. The standard InChI is InChI=1S/C20H39N5O2/c1-6-21-20(23-17-7-8-25(13-17)19(26)16(4)5)22-11-18-14-24(9-10-27-18)12-15(2)3/h15-18H,6-14H2,1-5H3,(H2,21,22,23). The molecule has 7 nitrogen and oxygen atoms in total. The number of aliphatic imine (C=N–C) groups is 1. The molecule has 1 amide bonds. The lowest BCUT2D eigenvalue weighted by molar-refractivity contribution is -0.133. The third-order valence-electron chi connectivity index (χ3n) is 4.98. The summed E-state index contributed by atoms with van der Waals surface area (Å²) in [4.78, 5) is 21.4. The molecule has 2 aliphatic rings. The average molecular weight is 382 g/mol. The van der Waals surface area contributed by atoms with E-state index in [4.69, 9.17) is 9.73 Å². The van der Waals surface area contributed by atoms with E-state index >= 15 is 0 Å². The SMILES string of the molecule is CCNC(=NCC1CN(CC(C)C)CCO1)NC1CCN(C(=O)C(C)C)C1. The first-order valence-electron chi connectivity index (χ1n) is 10.6. The Labute approximate surface area is 164 Å². The van der Waals surface area contributed by atoms with E-state index in [2.05, 4.69) is 36.3 Å². The maximum absolute atomic E-state index is 12.2. The number of carbonyl (C=O) groups excluding carboxylic acids is 1. The number of morpholine rings is 1. The van der Waals surface area contributed by atoms with Crippen LogP contribution in [0.15, 0.2) is 4.99 Å². The van der Waals surface area contributed by atoms with Crippen LogP contribution in [0, 0.1) is 11.8 Å². The molecular weight excluding hydrogens is 342 g/mol. The minimum atomic E-state index is 0.0582. The van der Waals surface area contributed by atoms with Crippen LogP contribution in [0.25, 0.3) is 0 Å². The Kier molecular flexibility index (Phi) is 8.83. The maximum atomic E-state index is 12.2. The number of amides is 1. The van der Waals surface area contributed by atoms with Gasteiger partial charge in [-0.3, -0.25) is 14.7 Å². The van der Waals surface area contributed by atoms with E-state index in [-0.39, 0.29) is 24.0 Å². The largest absolute Gasteiger partial charge is 0.374 e. The smallest absolute Gasteiger partial charge is 0.225 e. The summed E-state index contributed by atoms with van der Waals surface area (Å²) in [6.45, 7) is 17.4. The van der Waals surface area contributed by atoms with Crippen molar-refractivity contribution < 1.29 is 9.53 Å². The number of nitrogens with zero attached hydrogens (tertiary/aromatic N) is 3. The summed E-state index contributed by atoms with van der Waals surface area (Å²) >= 11 is 0. The van der Waals surface area contributed by atoms with Gasteiger partial charge in [0, 0.05) is 51.2 Å². The lowest BCUT2D eigenvalue weighted by Crippen LogP contribution is -2.47. The van der Waals surface area contributed by atoms with Crippen molar-refractivity contribution in [2.75, 3.05) is 52.4 Å². The third-order valence-corrected chi connectivity index (χ3v) is 4.98. The Hall–Kier alpha value is -1.34. The molecule has 2 fully saturated rings. The highest BCUT2D eigenvalue weighted by Gasteiger charge is 2.28. The Morgan fingerprint density at radius 2 is 2.00 bits per heavy atom. The molecule has 2 heterocycles. The van der Waals surface area contributed by atoms with E-state index in [1.165, 1.54) is 0 Å². The van der Waals surface area contributed by atoms with Gasteiger partial charge in [-0.1, -0.05) is 27.7 Å². The predicted molar refractivity (Wildman–Crippen MR) is 110 cm³/mol. The van der Waals surface area contributed by atoms with Crippen LogP contribution in [0.2, 0.25) is 0 Å². The molecule has 156 valence electrons. The Morgan fingerprint density at radius 3 is 2.67 bits per heavy atom. The summed E-state index contributed by atoms with van der Waals surface area (Å²) in [5.41, 5.74) is 0. The molecular formula is C20H39N5O2. The van der Waals surface area contributed by atoms with Gasteiger partial charge >= 0.3 is 0 Å². The quantitative estimate of drug-likeness (QED) is 0.512. The zero-order valence-corrected chi connectivity index (χ0v) is 17.8. The van der Waals surface area contributed by atoms with Gasteiger partial charge in [0.25, 0.3) is 0 Å². The Bertz CT molecular complexity index is 495. The number of hydrogen-bond acceptors (Lipinski definition) is 4. The minimum Gasteiger partial charge on any atom is -0.374 e. The van der Waals surface area contributed by atoms with Crippen LogP contribution in [0.3, 0.4) is 0 Å². The van der Waals surface area contributed by atoms with E-state index in [1.807, 2.05) is 18.7 Å². The van der Waals surface area contributed by atoms with E-state index in [1.54, 1.807) is 0 Å². The summed E-state index contributed by atoms with van der Waals surface area (Å²) in [5.74, 6) is 1.79. The van der Waals surface area contributed by atoms with Crippen LogP contribution < -0.4 is 10.6 Å². The van der Waals surface area contributed by atoms with Gasteiger partial charge in [-0.25, -0.2) is 0 Å². The van der Waals surface area contributed by atoms with Crippen molar-refractivity contribution in [3.8, 4) is 0 Å². The molecule has 2 rings (SSSR count). The fourth-order valence-corrected chi connectivity index (χ4v) is 3.72. The molecule has 7 heteroatoms. The van der Waals surface area contributed by atoms with Gasteiger partial charge in [-0.15, -0.1) is 0 Å². The highest BCUT2D eigenvalue weighted by molar-refractivity contribution is 5.81. The molecule has 0 saturated carbocycles. The highest BCUT2D eigenvalue weighted by Crippen LogP contribution is 2.13. The van der Waals surface area contributed by atoms with E-state index < -0.39 is 0 Å². The van der Waals surface area contributed by atoms with Crippen molar-refractivity contribution >= 4 is 11.9 Å². The topological polar surface area (TPSA) is 69.2 Å². The summed E-state index contributed by atoms with van der Waals surface area (Å²) in [7, 11) is 0. The van der Waals surface area contributed by atoms with Gasteiger partial charge in [0.1, 0.15) is 0 Å². The third kappa shape index (κ3) is 7.30. The number of guanidine groups is 1. The molecule has 2 unspecified atom stereocenters. The van der Waals surface area contributed by atoms with Crippen LogP contribution in [-0.4, -0.2) is 86.2 Å². The lowest BCUT2D eigenvalue weighted by Gasteiger charge is -2.33. The number of carbonyl (C=O) groups is 1. The van der Waals surface area contributed by atoms with Gasteiger partial charge in [-0.05, 0) is 19.3 Å². The summed E-state index contributed by atoms with van der Waals surface area (Å²) in [6.07, 6.45) is 1.11. The van der Waals surface area contributed by atoms with Gasteiger partial charge < -0.3 is 20.3 Å². The second-order valence-electron chi connectivity index (χ2n) is 8.43. The zero-order chi connectivity index (χ0) is 19.8. The average Bonchev–Trinajstić information content (AvgIpc) is 3.07. The fraction of sp³-hybridized carbons (Fsp3) is 0.900. The van der Waals surface area contributed by atoms with Crippen LogP contribution in [-0.2, 0) is 9.53 Å². The molecule has 0 spiro atoms. The van der Waals surface area contributed by atoms with Crippen LogP contribution in [0.5, 0.6) is 0 Å². The predicted octanol–water partition coefficient (Wildman–Crippen LogP) is 1.16. The van der Waals surface area contributed by atoms with Crippen molar-refractivity contribution in [1.29, 1.82) is 0 Å². The summed E-state index contributed by atoms with van der Waals surface area (Å²) < 4.78 is 5.91. The second kappa shape index (κ2) is 10.9. The number of rotatable bonds is 7. The van der Waals surface area contributed by atoms with Gasteiger partial charge in [0.15, 0.2) is 5.96 Å². The Balaban J connectivity index is 1.84. The van der Waals surface area contributed by atoms with Crippen LogP contribution >= 0.6 is 0 Å².